The van der Waals surface area contributed by atoms with Crippen LogP contribution in [0.1, 0.15) is 20.3 Å². The highest BCUT2D eigenvalue weighted by Gasteiger charge is 2.17. The van der Waals surface area contributed by atoms with Crippen LogP contribution in [0, 0.1) is 0 Å². The number of fused-ring (bicyclic) bond motifs is 1. The molecule has 1 atom stereocenters. The summed E-state index contributed by atoms with van der Waals surface area (Å²) in [6.07, 6.45) is 0.700. The Hall–Kier alpha value is -2.03. The van der Waals surface area contributed by atoms with Crippen LogP contribution in [0.4, 0.5) is 5.69 Å². The Morgan fingerprint density at radius 3 is 2.58 bits per heavy atom. The van der Waals surface area contributed by atoms with Crippen LogP contribution in [-0.2, 0) is 9.53 Å². The molecule has 2 aromatic carbocycles. The molecule has 0 heterocycles. The molecule has 3 nitrogen and oxygen atoms in total. The van der Waals surface area contributed by atoms with Crippen LogP contribution < -0.4 is 5.32 Å². The number of carbonyl (C=O) groups is 1. The van der Waals surface area contributed by atoms with Gasteiger partial charge in [0.25, 0.3) is 0 Å². The molecule has 0 unspecified atom stereocenters. The van der Waals surface area contributed by atoms with E-state index in [1.807, 2.05) is 32.0 Å². The first-order valence-electron chi connectivity index (χ1n) is 6.66. The van der Waals surface area contributed by atoms with Gasteiger partial charge in [0.05, 0.1) is 6.61 Å². The van der Waals surface area contributed by atoms with Gasteiger partial charge in [-0.05, 0) is 36.2 Å². The fourth-order valence-corrected chi connectivity index (χ4v) is 2.05. The first kappa shape index (κ1) is 13.4. The number of benzene rings is 2. The monoisotopic (exact) mass is 257 g/mol. The molecule has 2 aromatic rings. The second-order valence-electron chi connectivity index (χ2n) is 4.42. The van der Waals surface area contributed by atoms with E-state index in [2.05, 4.69) is 29.6 Å². The number of carbonyl (C=O) groups excluding carboxylic acids is 1. The average molecular weight is 257 g/mol. The Balaban J connectivity index is 2.17. The summed E-state index contributed by atoms with van der Waals surface area (Å²) >= 11 is 0. The zero-order valence-corrected chi connectivity index (χ0v) is 11.3. The third kappa shape index (κ3) is 3.25. The van der Waals surface area contributed by atoms with Gasteiger partial charge in [0, 0.05) is 5.69 Å². The molecule has 0 saturated heterocycles. The minimum Gasteiger partial charge on any atom is -0.464 e. The number of anilines is 1. The van der Waals surface area contributed by atoms with Gasteiger partial charge in [-0.1, -0.05) is 37.3 Å². The first-order chi connectivity index (χ1) is 9.24. The van der Waals surface area contributed by atoms with Crippen LogP contribution >= 0.6 is 0 Å². The highest BCUT2D eigenvalue weighted by Crippen LogP contribution is 2.20. The van der Waals surface area contributed by atoms with E-state index in [0.717, 1.165) is 11.1 Å². The van der Waals surface area contributed by atoms with Crippen molar-refractivity contribution in [3.63, 3.8) is 0 Å². The molecule has 19 heavy (non-hydrogen) atoms. The van der Waals surface area contributed by atoms with Crippen LogP contribution in [0.5, 0.6) is 0 Å². The van der Waals surface area contributed by atoms with E-state index >= 15 is 0 Å². The van der Waals surface area contributed by atoms with E-state index < -0.39 is 0 Å². The van der Waals surface area contributed by atoms with E-state index in [1.165, 1.54) is 5.39 Å². The van der Waals surface area contributed by atoms with Crippen LogP contribution in [0.2, 0.25) is 0 Å². The normalized spacial score (nSPS) is 12.1. The summed E-state index contributed by atoms with van der Waals surface area (Å²) < 4.78 is 5.05. The van der Waals surface area contributed by atoms with Crippen molar-refractivity contribution in [2.24, 2.45) is 0 Å². The third-order valence-corrected chi connectivity index (χ3v) is 3.07. The van der Waals surface area contributed by atoms with Crippen molar-refractivity contribution in [1.29, 1.82) is 0 Å². The molecule has 100 valence electrons. The number of rotatable bonds is 5. The Kier molecular flexibility index (Phi) is 4.39. The number of hydrogen-bond donors (Lipinski definition) is 1. The highest BCUT2D eigenvalue weighted by atomic mass is 16.5. The van der Waals surface area contributed by atoms with Crippen molar-refractivity contribution in [2.75, 3.05) is 11.9 Å². The molecule has 0 radical (unpaired) electrons. The van der Waals surface area contributed by atoms with E-state index in [9.17, 15) is 4.79 Å². The van der Waals surface area contributed by atoms with Gasteiger partial charge >= 0.3 is 5.97 Å². The fourth-order valence-electron chi connectivity index (χ4n) is 2.05. The first-order valence-corrected chi connectivity index (χ1v) is 6.66. The van der Waals surface area contributed by atoms with Crippen LogP contribution in [0.3, 0.4) is 0 Å². The van der Waals surface area contributed by atoms with Gasteiger partial charge in [-0.25, -0.2) is 4.79 Å². The zero-order valence-electron chi connectivity index (χ0n) is 11.3. The van der Waals surface area contributed by atoms with Crippen molar-refractivity contribution < 1.29 is 9.53 Å². The van der Waals surface area contributed by atoms with Gasteiger partial charge in [-0.2, -0.15) is 0 Å². The molecule has 3 heteroatoms. The molecule has 0 aliphatic carbocycles. The Morgan fingerprint density at radius 2 is 1.89 bits per heavy atom. The Labute approximate surface area is 113 Å². The lowest BCUT2D eigenvalue weighted by molar-refractivity contribution is -0.144. The van der Waals surface area contributed by atoms with E-state index in [4.69, 9.17) is 4.74 Å². The molecule has 0 aromatic heterocycles. The van der Waals surface area contributed by atoms with Gasteiger partial charge in [-0.3, -0.25) is 0 Å². The summed E-state index contributed by atoms with van der Waals surface area (Å²) in [4.78, 5) is 11.8. The maximum atomic E-state index is 11.8. The second kappa shape index (κ2) is 6.23. The topological polar surface area (TPSA) is 38.3 Å². The van der Waals surface area contributed by atoms with Crippen LogP contribution in [-0.4, -0.2) is 18.6 Å². The summed E-state index contributed by atoms with van der Waals surface area (Å²) in [5.74, 6) is -0.196. The van der Waals surface area contributed by atoms with Gasteiger partial charge in [0.1, 0.15) is 6.04 Å². The molecular formula is C16H19NO2. The van der Waals surface area contributed by atoms with E-state index in [-0.39, 0.29) is 12.0 Å². The molecule has 0 aliphatic heterocycles. The molecule has 0 fully saturated rings. The molecule has 0 amide bonds. The quantitative estimate of drug-likeness (QED) is 0.832. The van der Waals surface area contributed by atoms with Gasteiger partial charge in [0.2, 0.25) is 0 Å². The standard InChI is InChI=1S/C16H19NO2/c1-3-15(16(18)19-4-2)17-14-10-9-12-7-5-6-8-13(12)11-14/h5-11,15,17H,3-4H2,1-2H3/t15-/m0/s1. The molecule has 2 rings (SSSR count). The summed E-state index contributed by atoms with van der Waals surface area (Å²) in [5.41, 5.74) is 0.943. The molecule has 0 saturated carbocycles. The lowest BCUT2D eigenvalue weighted by Crippen LogP contribution is -2.30. The van der Waals surface area contributed by atoms with E-state index in [1.54, 1.807) is 0 Å². The molecule has 0 bridgehead atoms. The molecule has 1 N–H and O–H groups in total. The SMILES string of the molecule is CCOC(=O)[C@H](CC)Nc1ccc2ccccc2c1. The van der Waals surface area contributed by atoms with Crippen molar-refractivity contribution in [2.45, 2.75) is 26.3 Å². The number of esters is 1. The van der Waals surface area contributed by atoms with Crippen LogP contribution in [0.15, 0.2) is 42.5 Å². The minimum atomic E-state index is -0.291. The van der Waals surface area contributed by atoms with Gasteiger partial charge in [-0.15, -0.1) is 0 Å². The predicted octanol–water partition coefficient (Wildman–Crippen LogP) is 3.59. The van der Waals surface area contributed by atoms with Crippen molar-refractivity contribution in [3.05, 3.63) is 42.5 Å². The Morgan fingerprint density at radius 1 is 1.16 bits per heavy atom. The largest absolute Gasteiger partial charge is 0.464 e. The molecular weight excluding hydrogens is 238 g/mol. The highest BCUT2D eigenvalue weighted by molar-refractivity contribution is 5.87. The lowest BCUT2D eigenvalue weighted by atomic mass is 10.1. The smallest absolute Gasteiger partial charge is 0.328 e. The lowest BCUT2D eigenvalue weighted by Gasteiger charge is -2.17. The minimum absolute atomic E-state index is 0.196. The third-order valence-electron chi connectivity index (χ3n) is 3.07. The fraction of sp³-hybridized carbons (Fsp3) is 0.312. The predicted molar refractivity (Wildman–Crippen MR) is 78.3 cm³/mol. The van der Waals surface area contributed by atoms with Crippen LogP contribution in [0.25, 0.3) is 10.8 Å². The van der Waals surface area contributed by atoms with Gasteiger partial charge in [0.15, 0.2) is 0 Å². The Bertz CT molecular complexity index is 565. The second-order valence-corrected chi connectivity index (χ2v) is 4.42. The average Bonchev–Trinajstić information content (AvgIpc) is 2.44. The number of hydrogen-bond acceptors (Lipinski definition) is 3. The molecule has 0 spiro atoms. The van der Waals surface area contributed by atoms with Crippen molar-refractivity contribution >= 4 is 22.4 Å². The summed E-state index contributed by atoms with van der Waals surface area (Å²) in [7, 11) is 0. The van der Waals surface area contributed by atoms with Crippen molar-refractivity contribution in [1.82, 2.24) is 0 Å². The zero-order chi connectivity index (χ0) is 13.7. The summed E-state index contributed by atoms with van der Waals surface area (Å²) in [6, 6.07) is 14.0. The number of nitrogens with one attached hydrogen (secondary N) is 1. The van der Waals surface area contributed by atoms with Crippen molar-refractivity contribution in [3.8, 4) is 0 Å². The maximum absolute atomic E-state index is 11.8. The van der Waals surface area contributed by atoms with Gasteiger partial charge < -0.3 is 10.1 Å². The summed E-state index contributed by atoms with van der Waals surface area (Å²) in [5, 5.41) is 5.58. The number of ether oxygens (including phenoxy) is 1. The summed E-state index contributed by atoms with van der Waals surface area (Å²) in [6.45, 7) is 4.20. The maximum Gasteiger partial charge on any atom is 0.328 e. The molecule has 0 aliphatic rings. The van der Waals surface area contributed by atoms with E-state index in [0.29, 0.717) is 13.0 Å².